The van der Waals surface area contributed by atoms with Gasteiger partial charge >= 0.3 is 0 Å². The van der Waals surface area contributed by atoms with E-state index in [1.54, 1.807) is 6.92 Å². The molecular formula is C28H40ClF3N2O2. The molecule has 2 rings (SSSR count). The molecule has 0 spiro atoms. The van der Waals surface area contributed by atoms with Crippen LogP contribution in [0.3, 0.4) is 0 Å². The van der Waals surface area contributed by atoms with Crippen LogP contribution >= 0.6 is 11.6 Å². The lowest BCUT2D eigenvalue weighted by Crippen LogP contribution is -2.10. The van der Waals surface area contributed by atoms with Crippen molar-refractivity contribution in [2.45, 2.75) is 80.8 Å². The molecule has 0 aliphatic rings. The smallest absolute Gasteiger partial charge is 0.266 e. The number of rotatable bonds is 9. The van der Waals surface area contributed by atoms with Crippen molar-refractivity contribution < 1.29 is 22.6 Å². The molecule has 0 saturated heterocycles. The molecule has 1 aromatic carbocycles. The van der Waals surface area contributed by atoms with E-state index in [1.165, 1.54) is 36.8 Å². The second kappa shape index (κ2) is 17.8. The van der Waals surface area contributed by atoms with Gasteiger partial charge in [-0.25, -0.2) is 18.2 Å². The van der Waals surface area contributed by atoms with E-state index in [0.717, 1.165) is 24.8 Å². The van der Waals surface area contributed by atoms with Crippen LogP contribution in [-0.4, -0.2) is 22.8 Å². The first-order chi connectivity index (χ1) is 16.9. The maximum atomic E-state index is 12.3. The molecular weight excluding hydrogens is 489 g/mol. The Balaban J connectivity index is 0.000000779. The lowest BCUT2D eigenvalue weighted by atomic mass is 10.0. The van der Waals surface area contributed by atoms with Crippen LogP contribution in [0, 0.1) is 5.92 Å². The highest BCUT2D eigenvalue weighted by molar-refractivity contribution is 6.28. The summed E-state index contributed by atoms with van der Waals surface area (Å²) in [4.78, 5) is 7.65. The third-order valence-electron chi connectivity index (χ3n) is 5.14. The zero-order valence-corrected chi connectivity index (χ0v) is 23.4. The molecule has 0 saturated carbocycles. The van der Waals surface area contributed by atoms with E-state index in [1.807, 2.05) is 24.3 Å². The predicted octanol–water partition coefficient (Wildman–Crippen LogP) is 9.49. The van der Waals surface area contributed by atoms with Gasteiger partial charge in [0.15, 0.2) is 0 Å². The molecule has 0 amide bonds. The molecule has 8 heteroatoms. The normalized spacial score (nSPS) is 11.8. The van der Waals surface area contributed by atoms with E-state index in [0.29, 0.717) is 0 Å². The summed E-state index contributed by atoms with van der Waals surface area (Å²) in [5.74, 6) is -1.51. The molecule has 36 heavy (non-hydrogen) atoms. The van der Waals surface area contributed by atoms with Crippen molar-refractivity contribution in [3.63, 3.8) is 0 Å². The molecule has 0 N–H and O–H groups in total. The Labute approximate surface area is 219 Å². The summed E-state index contributed by atoms with van der Waals surface area (Å²) in [5.41, 5.74) is 3.49. The number of hydrogen-bond acceptors (Lipinski definition) is 4. The number of hydrogen-bond donors (Lipinski definition) is 0. The minimum Gasteiger partial charge on any atom is -0.470 e. The van der Waals surface area contributed by atoms with Crippen LogP contribution in [0.2, 0.25) is 5.28 Å². The monoisotopic (exact) mass is 528 g/mol. The average molecular weight is 529 g/mol. The Bertz CT molecular complexity index is 941. The molecule has 0 fully saturated rings. The van der Waals surface area contributed by atoms with Crippen molar-refractivity contribution in [3.05, 3.63) is 64.6 Å². The van der Waals surface area contributed by atoms with Crippen molar-refractivity contribution in [2.75, 3.05) is 6.86 Å². The van der Waals surface area contributed by atoms with Gasteiger partial charge < -0.3 is 9.47 Å². The molecule has 1 aromatic heterocycles. The molecule has 202 valence electrons. The summed E-state index contributed by atoms with van der Waals surface area (Å²) in [6.45, 7) is 14.0. The van der Waals surface area contributed by atoms with Gasteiger partial charge in [0.2, 0.25) is 17.9 Å². The highest BCUT2D eigenvalue weighted by atomic mass is 35.5. The zero-order valence-electron chi connectivity index (χ0n) is 22.7. The minimum absolute atomic E-state index is 0.0156. The number of benzene rings is 1. The molecule has 0 radical (unpaired) electrons. The Morgan fingerprint density at radius 2 is 1.69 bits per heavy atom. The van der Waals surface area contributed by atoms with Crippen molar-refractivity contribution in [1.29, 1.82) is 0 Å². The van der Waals surface area contributed by atoms with Crippen LogP contribution in [0.1, 0.15) is 79.4 Å². The first-order valence-electron chi connectivity index (χ1n) is 12.0. The predicted molar refractivity (Wildman–Crippen MR) is 144 cm³/mol. The Morgan fingerprint density at radius 3 is 2.11 bits per heavy atom. The van der Waals surface area contributed by atoms with Crippen LogP contribution in [0.15, 0.2) is 48.2 Å². The first kappa shape index (κ1) is 33.5. The average Bonchev–Trinajstić information content (AvgIpc) is 2.84. The fourth-order valence-corrected chi connectivity index (χ4v) is 2.41. The van der Waals surface area contributed by atoms with E-state index < -0.39 is 12.8 Å². The van der Waals surface area contributed by atoms with Crippen LogP contribution in [0.25, 0.3) is 5.57 Å². The highest BCUT2D eigenvalue weighted by Gasteiger charge is 2.22. The van der Waals surface area contributed by atoms with E-state index in [-0.39, 0.29) is 29.1 Å². The zero-order chi connectivity index (χ0) is 27.7. The number of halogens is 4. The fraction of sp³-hybridized carbons (Fsp3) is 0.500. The quantitative estimate of drug-likeness (QED) is 0.240. The molecule has 2 aromatic rings. The van der Waals surface area contributed by atoms with Gasteiger partial charge in [-0.05, 0) is 67.0 Å². The minimum atomic E-state index is -2.63. The van der Waals surface area contributed by atoms with Gasteiger partial charge in [0.25, 0.3) is 11.8 Å². The van der Waals surface area contributed by atoms with Gasteiger partial charge in [-0.3, -0.25) is 0 Å². The van der Waals surface area contributed by atoms with Crippen LogP contribution < -0.4 is 9.47 Å². The lowest BCUT2D eigenvalue weighted by molar-refractivity contribution is 0.0633. The van der Waals surface area contributed by atoms with Crippen LogP contribution in [0.5, 0.6) is 11.6 Å². The van der Waals surface area contributed by atoms with Crippen molar-refractivity contribution in [2.24, 2.45) is 5.92 Å². The van der Waals surface area contributed by atoms with E-state index in [9.17, 15) is 13.2 Å². The highest BCUT2D eigenvalue weighted by Crippen LogP contribution is 2.26. The molecule has 0 aliphatic carbocycles. The summed E-state index contributed by atoms with van der Waals surface area (Å²) in [7, 11) is 0. The van der Waals surface area contributed by atoms with Gasteiger partial charge in [-0.15, -0.1) is 0 Å². The van der Waals surface area contributed by atoms with E-state index >= 15 is 0 Å². The summed E-state index contributed by atoms with van der Waals surface area (Å²) in [6, 6.07) is 8.01. The summed E-state index contributed by atoms with van der Waals surface area (Å²) >= 11 is 5.73. The number of alkyl halides is 3. The van der Waals surface area contributed by atoms with Gasteiger partial charge in [0.05, 0.1) is 6.20 Å². The van der Waals surface area contributed by atoms with Gasteiger partial charge in [-0.2, -0.15) is 4.98 Å². The number of ether oxygens (including phenoxy) is 2. The third kappa shape index (κ3) is 14.1. The lowest BCUT2D eigenvalue weighted by Gasteiger charge is -2.10. The summed E-state index contributed by atoms with van der Waals surface area (Å²) in [6.07, 6.45) is 7.18. The van der Waals surface area contributed by atoms with E-state index in [4.69, 9.17) is 21.1 Å². The van der Waals surface area contributed by atoms with Gasteiger partial charge in [0, 0.05) is 6.92 Å². The summed E-state index contributed by atoms with van der Waals surface area (Å²) in [5, 5.41) is 0.0156. The second-order valence-corrected chi connectivity index (χ2v) is 8.84. The summed E-state index contributed by atoms with van der Waals surface area (Å²) < 4.78 is 46.8. The molecule has 1 heterocycles. The maximum absolute atomic E-state index is 12.3. The number of allylic oxidation sites excluding steroid dienone is 4. The van der Waals surface area contributed by atoms with Crippen LogP contribution in [-0.2, 0) is 6.61 Å². The fourth-order valence-electron chi connectivity index (χ4n) is 2.29. The van der Waals surface area contributed by atoms with E-state index in [2.05, 4.69) is 50.7 Å². The molecule has 0 unspecified atom stereocenters. The standard InChI is InChI=1S/C17H18ClFN2O2.C6H10F2.C5H12/c1-3-4-12(2)14-7-5-13(6-8-14)10-22-16-15(23-11-19)9-20-17(18)21-16;1-4-5(2)6(3,7)8;1-4-5(2)3/h4-9H,3,10-11H2,1-2H3;4H,1-3H3;5H,4H2,1-3H3/b;5-4+;. The van der Waals surface area contributed by atoms with Gasteiger partial charge in [-0.1, -0.05) is 70.5 Å². The van der Waals surface area contributed by atoms with Crippen molar-refractivity contribution in [1.82, 2.24) is 9.97 Å². The Morgan fingerprint density at radius 1 is 1.11 bits per heavy atom. The molecule has 4 nitrogen and oxygen atoms in total. The van der Waals surface area contributed by atoms with Gasteiger partial charge in [0.1, 0.15) is 6.61 Å². The molecule has 0 aliphatic heterocycles. The third-order valence-corrected chi connectivity index (χ3v) is 5.32. The Hall–Kier alpha value is -2.54. The number of aromatic nitrogens is 2. The van der Waals surface area contributed by atoms with Crippen molar-refractivity contribution in [3.8, 4) is 11.6 Å². The molecule has 0 bridgehead atoms. The number of nitrogens with zero attached hydrogens (tertiary/aromatic N) is 2. The molecule has 0 atom stereocenters. The SMILES string of the molecule is C/C=C(\C)C(C)(F)F.CCC(C)C.CCC=C(C)c1ccc(COc2nc(Cl)ncc2OCF)cc1. The second-order valence-electron chi connectivity index (χ2n) is 8.51. The maximum Gasteiger partial charge on any atom is 0.266 e. The van der Waals surface area contributed by atoms with Crippen LogP contribution in [0.4, 0.5) is 13.2 Å². The van der Waals surface area contributed by atoms with Crippen molar-refractivity contribution >= 4 is 17.2 Å². The Kier molecular flexibility index (Phi) is 16.6. The largest absolute Gasteiger partial charge is 0.470 e. The topological polar surface area (TPSA) is 44.2 Å². The first-order valence-corrected chi connectivity index (χ1v) is 12.4.